The lowest BCUT2D eigenvalue weighted by Crippen LogP contribution is -2.02. The van der Waals surface area contributed by atoms with Gasteiger partial charge in [0, 0.05) is 4.47 Å². The molecular formula is C10H12BrFO2. The molecule has 1 rings (SSSR count). The lowest BCUT2D eigenvalue weighted by molar-refractivity contribution is 0.0599. The molecule has 0 atom stereocenters. The number of benzene rings is 1. The van der Waals surface area contributed by atoms with E-state index >= 15 is 0 Å². The largest absolute Gasteiger partial charge is 0.465 e. The molecule has 0 bridgehead atoms. The molecule has 4 heteroatoms. The van der Waals surface area contributed by atoms with Gasteiger partial charge in [-0.1, -0.05) is 13.5 Å². The Bertz CT molecular complexity index is 326. The van der Waals surface area contributed by atoms with Crippen molar-refractivity contribution in [1.82, 2.24) is 0 Å². The number of ether oxygens (including phenoxy) is 1. The molecule has 0 saturated carbocycles. The van der Waals surface area contributed by atoms with Crippen LogP contribution in [0.4, 0.5) is 4.39 Å². The second-order valence-corrected chi connectivity index (χ2v) is 3.29. The summed E-state index contributed by atoms with van der Waals surface area (Å²) in [5.74, 6) is -0.433. The minimum absolute atomic E-state index is 0. The number of esters is 1. The smallest absolute Gasteiger partial charge is 0.339 e. The summed E-state index contributed by atoms with van der Waals surface area (Å²) in [6.07, 6.45) is 0. The Morgan fingerprint density at radius 3 is 2.64 bits per heavy atom. The summed E-state index contributed by atoms with van der Waals surface area (Å²) in [6.45, 7) is -0.542. The van der Waals surface area contributed by atoms with Crippen LogP contribution in [-0.2, 0) is 11.4 Å². The molecule has 0 heterocycles. The fourth-order valence-electron chi connectivity index (χ4n) is 0.917. The summed E-state index contributed by atoms with van der Waals surface area (Å²) in [6, 6.07) is 4.65. The van der Waals surface area contributed by atoms with Gasteiger partial charge in [0.2, 0.25) is 0 Å². The van der Waals surface area contributed by atoms with Crippen LogP contribution in [0.15, 0.2) is 22.7 Å². The number of hydrogen-bond acceptors (Lipinski definition) is 2. The predicted molar refractivity (Wildman–Crippen MR) is 57.0 cm³/mol. The average molecular weight is 263 g/mol. The Morgan fingerprint density at radius 2 is 2.21 bits per heavy atom. The van der Waals surface area contributed by atoms with Crippen LogP contribution in [0, 0.1) is 0 Å². The van der Waals surface area contributed by atoms with Crippen LogP contribution < -0.4 is 0 Å². The monoisotopic (exact) mass is 262 g/mol. The van der Waals surface area contributed by atoms with E-state index < -0.39 is 12.6 Å². The van der Waals surface area contributed by atoms with Gasteiger partial charge in [0.05, 0.1) is 12.7 Å². The minimum Gasteiger partial charge on any atom is -0.465 e. The zero-order chi connectivity index (χ0) is 9.84. The number of carbonyl (C=O) groups is 1. The van der Waals surface area contributed by atoms with E-state index in [0.29, 0.717) is 15.6 Å². The Morgan fingerprint density at radius 1 is 1.57 bits per heavy atom. The van der Waals surface area contributed by atoms with Gasteiger partial charge in [-0.2, -0.15) is 0 Å². The normalized spacial score (nSPS) is 9.07. The molecular weight excluding hydrogens is 251 g/mol. The fraction of sp³-hybridized carbons (Fsp3) is 0.300. The second kappa shape index (κ2) is 5.75. The molecule has 0 aliphatic heterocycles. The maximum Gasteiger partial charge on any atom is 0.339 e. The first kappa shape index (κ1) is 13.1. The number of alkyl halides is 1. The van der Waals surface area contributed by atoms with Crippen molar-refractivity contribution in [2.75, 3.05) is 7.11 Å². The molecule has 0 unspecified atom stereocenters. The molecule has 0 saturated heterocycles. The lowest BCUT2D eigenvalue weighted by atomic mass is 10.1. The molecule has 78 valence electrons. The minimum atomic E-state index is -0.542. The SMILES string of the molecule is C.COC(=O)c1ccc(CF)cc1Br. The van der Waals surface area contributed by atoms with Crippen molar-refractivity contribution in [3.8, 4) is 0 Å². The predicted octanol–water partition coefficient (Wildman–Crippen LogP) is 3.34. The van der Waals surface area contributed by atoms with Crippen molar-refractivity contribution in [3.63, 3.8) is 0 Å². The van der Waals surface area contributed by atoms with Gasteiger partial charge in [0.15, 0.2) is 0 Å². The number of hydrogen-bond donors (Lipinski definition) is 0. The fourth-order valence-corrected chi connectivity index (χ4v) is 1.51. The molecule has 0 amide bonds. The van der Waals surface area contributed by atoms with E-state index in [1.807, 2.05) is 0 Å². The van der Waals surface area contributed by atoms with Crippen LogP contribution in [-0.4, -0.2) is 13.1 Å². The van der Waals surface area contributed by atoms with E-state index in [2.05, 4.69) is 20.7 Å². The van der Waals surface area contributed by atoms with Gasteiger partial charge < -0.3 is 4.74 Å². The van der Waals surface area contributed by atoms with Crippen molar-refractivity contribution in [2.24, 2.45) is 0 Å². The molecule has 0 aromatic heterocycles. The molecule has 1 aromatic carbocycles. The summed E-state index contributed by atoms with van der Waals surface area (Å²) in [4.78, 5) is 11.1. The Balaban J connectivity index is 0.00000169. The molecule has 0 fully saturated rings. The van der Waals surface area contributed by atoms with E-state index in [0.717, 1.165) is 0 Å². The summed E-state index contributed by atoms with van der Waals surface area (Å²) >= 11 is 3.16. The maximum atomic E-state index is 12.2. The third kappa shape index (κ3) is 2.80. The van der Waals surface area contributed by atoms with Crippen LogP contribution >= 0.6 is 15.9 Å². The number of methoxy groups -OCH3 is 1. The van der Waals surface area contributed by atoms with Crippen molar-refractivity contribution in [3.05, 3.63) is 33.8 Å². The van der Waals surface area contributed by atoms with Crippen LogP contribution in [0.1, 0.15) is 23.3 Å². The van der Waals surface area contributed by atoms with Gasteiger partial charge in [-0.25, -0.2) is 9.18 Å². The molecule has 0 N–H and O–H groups in total. The van der Waals surface area contributed by atoms with Gasteiger partial charge in [-0.05, 0) is 33.6 Å². The van der Waals surface area contributed by atoms with Gasteiger partial charge in [0.25, 0.3) is 0 Å². The van der Waals surface area contributed by atoms with Crippen LogP contribution in [0.2, 0.25) is 0 Å². The molecule has 0 aliphatic rings. The first-order valence-corrected chi connectivity index (χ1v) is 4.41. The highest BCUT2D eigenvalue weighted by atomic mass is 79.9. The third-order valence-electron chi connectivity index (χ3n) is 1.59. The van der Waals surface area contributed by atoms with E-state index in [1.165, 1.54) is 13.2 Å². The van der Waals surface area contributed by atoms with E-state index in [9.17, 15) is 9.18 Å². The highest BCUT2D eigenvalue weighted by Gasteiger charge is 2.09. The Hall–Kier alpha value is -0.900. The molecule has 0 spiro atoms. The van der Waals surface area contributed by atoms with Gasteiger partial charge >= 0.3 is 5.97 Å². The van der Waals surface area contributed by atoms with E-state index in [-0.39, 0.29) is 7.43 Å². The van der Waals surface area contributed by atoms with E-state index in [1.54, 1.807) is 12.1 Å². The molecule has 0 radical (unpaired) electrons. The van der Waals surface area contributed by atoms with Crippen LogP contribution in [0.25, 0.3) is 0 Å². The number of rotatable bonds is 2. The quantitative estimate of drug-likeness (QED) is 0.765. The lowest BCUT2D eigenvalue weighted by Gasteiger charge is -2.02. The maximum absolute atomic E-state index is 12.2. The Labute approximate surface area is 91.2 Å². The zero-order valence-electron chi connectivity index (χ0n) is 7.01. The van der Waals surface area contributed by atoms with Gasteiger partial charge in [-0.3, -0.25) is 0 Å². The van der Waals surface area contributed by atoms with E-state index in [4.69, 9.17) is 0 Å². The highest BCUT2D eigenvalue weighted by Crippen LogP contribution is 2.19. The molecule has 2 nitrogen and oxygen atoms in total. The standard InChI is InChI=1S/C9H8BrFO2.CH4/c1-13-9(12)7-3-2-6(5-11)4-8(7)10;/h2-4H,5H2,1H3;1H4. The summed E-state index contributed by atoms with van der Waals surface area (Å²) in [7, 11) is 1.30. The van der Waals surface area contributed by atoms with Crippen molar-refractivity contribution in [2.45, 2.75) is 14.1 Å². The molecule has 1 aromatic rings. The zero-order valence-corrected chi connectivity index (χ0v) is 8.60. The van der Waals surface area contributed by atoms with Crippen molar-refractivity contribution in [1.29, 1.82) is 0 Å². The average Bonchev–Trinajstić information content (AvgIpc) is 2.16. The second-order valence-electron chi connectivity index (χ2n) is 2.44. The van der Waals surface area contributed by atoms with Crippen LogP contribution in [0.5, 0.6) is 0 Å². The van der Waals surface area contributed by atoms with Gasteiger partial charge in [0.1, 0.15) is 6.67 Å². The number of halogens is 2. The third-order valence-corrected chi connectivity index (χ3v) is 2.25. The van der Waals surface area contributed by atoms with Crippen molar-refractivity contribution >= 4 is 21.9 Å². The highest BCUT2D eigenvalue weighted by molar-refractivity contribution is 9.10. The first-order valence-electron chi connectivity index (χ1n) is 3.61. The molecule has 14 heavy (non-hydrogen) atoms. The topological polar surface area (TPSA) is 26.3 Å². The number of carbonyl (C=O) groups excluding carboxylic acids is 1. The Kier molecular flexibility index (Phi) is 5.38. The summed E-state index contributed by atoms with van der Waals surface area (Å²) in [5.41, 5.74) is 0.930. The summed E-state index contributed by atoms with van der Waals surface area (Å²) in [5, 5.41) is 0. The van der Waals surface area contributed by atoms with Crippen molar-refractivity contribution < 1.29 is 13.9 Å². The summed E-state index contributed by atoms with van der Waals surface area (Å²) < 4.78 is 17.3. The first-order chi connectivity index (χ1) is 6.19. The van der Waals surface area contributed by atoms with Crippen LogP contribution in [0.3, 0.4) is 0 Å². The molecule has 0 aliphatic carbocycles. The van der Waals surface area contributed by atoms with Gasteiger partial charge in [-0.15, -0.1) is 0 Å².